The van der Waals surface area contributed by atoms with Crippen molar-refractivity contribution < 1.29 is 4.84 Å². The number of rotatable bonds is 2. The van der Waals surface area contributed by atoms with Crippen molar-refractivity contribution in [3.8, 4) is 5.75 Å². The van der Waals surface area contributed by atoms with Crippen LogP contribution in [-0.4, -0.2) is 0 Å². The average molecular weight is 186 g/mol. The molecule has 1 rings (SSSR count). The second-order valence-corrected chi connectivity index (χ2v) is 3.34. The van der Waals surface area contributed by atoms with E-state index in [9.17, 15) is 0 Å². The lowest BCUT2D eigenvalue weighted by molar-refractivity contribution is 0.329. The lowest BCUT2D eigenvalue weighted by Crippen LogP contribution is -2.05. The second-order valence-electron chi connectivity index (χ2n) is 2.93. The van der Waals surface area contributed by atoms with E-state index >= 15 is 0 Å². The smallest absolute Gasteiger partial charge is 0.168 e. The van der Waals surface area contributed by atoms with Crippen LogP contribution in [0, 0.1) is 0 Å². The SMILES string of the molecule is CC(C)c1cccc(Cl)c1ON. The van der Waals surface area contributed by atoms with E-state index in [1.165, 1.54) is 0 Å². The summed E-state index contributed by atoms with van der Waals surface area (Å²) >= 11 is 5.87. The van der Waals surface area contributed by atoms with Crippen molar-refractivity contribution in [1.29, 1.82) is 0 Å². The maximum atomic E-state index is 5.87. The van der Waals surface area contributed by atoms with Gasteiger partial charge in [-0.1, -0.05) is 37.6 Å². The number of hydrogen-bond acceptors (Lipinski definition) is 2. The third-order valence-corrected chi connectivity index (χ3v) is 2.03. The van der Waals surface area contributed by atoms with Crippen molar-refractivity contribution in [2.45, 2.75) is 19.8 Å². The molecule has 12 heavy (non-hydrogen) atoms. The molecule has 2 N–H and O–H groups in total. The van der Waals surface area contributed by atoms with Gasteiger partial charge in [0.2, 0.25) is 0 Å². The van der Waals surface area contributed by atoms with Crippen molar-refractivity contribution >= 4 is 11.6 Å². The fourth-order valence-corrected chi connectivity index (χ4v) is 1.33. The van der Waals surface area contributed by atoms with Gasteiger partial charge in [-0.25, -0.2) is 0 Å². The molecule has 66 valence electrons. The Kier molecular flexibility index (Phi) is 2.95. The van der Waals surface area contributed by atoms with Crippen LogP contribution in [-0.2, 0) is 0 Å². The number of para-hydroxylation sites is 1. The summed E-state index contributed by atoms with van der Waals surface area (Å²) in [5, 5.41) is 0.559. The quantitative estimate of drug-likeness (QED) is 0.720. The highest BCUT2D eigenvalue weighted by Crippen LogP contribution is 2.32. The van der Waals surface area contributed by atoms with Gasteiger partial charge in [-0.15, -0.1) is 0 Å². The Labute approximate surface area is 77.2 Å². The Morgan fingerprint density at radius 3 is 2.50 bits per heavy atom. The van der Waals surface area contributed by atoms with Crippen LogP contribution >= 0.6 is 11.6 Å². The van der Waals surface area contributed by atoms with Crippen LogP contribution in [0.3, 0.4) is 0 Å². The van der Waals surface area contributed by atoms with E-state index < -0.39 is 0 Å². The second kappa shape index (κ2) is 3.78. The van der Waals surface area contributed by atoms with Crippen LogP contribution in [0.1, 0.15) is 25.3 Å². The molecular formula is C9H12ClNO. The largest absolute Gasteiger partial charge is 0.410 e. The normalized spacial score (nSPS) is 10.4. The molecule has 0 unspecified atom stereocenters. The fraction of sp³-hybridized carbons (Fsp3) is 0.333. The molecule has 0 aromatic heterocycles. The summed E-state index contributed by atoms with van der Waals surface area (Å²) in [6.07, 6.45) is 0. The molecule has 0 aliphatic heterocycles. The van der Waals surface area contributed by atoms with Gasteiger partial charge < -0.3 is 4.84 Å². The molecule has 0 amide bonds. The lowest BCUT2D eigenvalue weighted by Gasteiger charge is -2.11. The first-order valence-corrected chi connectivity index (χ1v) is 4.19. The molecular weight excluding hydrogens is 174 g/mol. The topological polar surface area (TPSA) is 35.2 Å². The molecule has 0 bridgehead atoms. The van der Waals surface area contributed by atoms with Gasteiger partial charge in [0.25, 0.3) is 0 Å². The number of halogens is 1. The molecule has 1 aromatic rings. The van der Waals surface area contributed by atoms with Gasteiger partial charge in [-0.3, -0.25) is 0 Å². The molecule has 0 aliphatic rings. The third-order valence-electron chi connectivity index (χ3n) is 1.74. The summed E-state index contributed by atoms with van der Waals surface area (Å²) in [6.45, 7) is 4.13. The predicted molar refractivity (Wildman–Crippen MR) is 50.4 cm³/mol. The number of benzene rings is 1. The van der Waals surface area contributed by atoms with Gasteiger partial charge in [0.05, 0.1) is 5.02 Å². The Balaban J connectivity index is 3.18. The summed E-state index contributed by atoms with van der Waals surface area (Å²) in [6, 6.07) is 5.61. The number of nitrogens with two attached hydrogens (primary N) is 1. The van der Waals surface area contributed by atoms with E-state index in [-0.39, 0.29) is 0 Å². The van der Waals surface area contributed by atoms with Gasteiger partial charge in [0.15, 0.2) is 5.75 Å². The zero-order chi connectivity index (χ0) is 9.14. The van der Waals surface area contributed by atoms with Crippen LogP contribution < -0.4 is 10.7 Å². The van der Waals surface area contributed by atoms with E-state index in [4.69, 9.17) is 22.3 Å². The van der Waals surface area contributed by atoms with Gasteiger partial charge in [-0.2, -0.15) is 5.90 Å². The Hall–Kier alpha value is -0.730. The molecule has 0 fully saturated rings. The molecule has 0 radical (unpaired) electrons. The fourth-order valence-electron chi connectivity index (χ4n) is 1.10. The molecule has 0 spiro atoms. The van der Waals surface area contributed by atoms with Crippen LogP contribution in [0.25, 0.3) is 0 Å². The minimum atomic E-state index is 0.363. The highest BCUT2D eigenvalue weighted by atomic mass is 35.5. The van der Waals surface area contributed by atoms with E-state index in [2.05, 4.69) is 13.8 Å². The van der Waals surface area contributed by atoms with Crippen molar-refractivity contribution in [2.24, 2.45) is 5.90 Å². The van der Waals surface area contributed by atoms with E-state index in [1.807, 2.05) is 12.1 Å². The first-order valence-electron chi connectivity index (χ1n) is 3.82. The molecule has 0 heterocycles. The molecule has 0 saturated carbocycles. The van der Waals surface area contributed by atoms with E-state index in [0.29, 0.717) is 16.7 Å². The van der Waals surface area contributed by atoms with Crippen molar-refractivity contribution in [3.63, 3.8) is 0 Å². The Morgan fingerprint density at radius 1 is 1.42 bits per heavy atom. The monoisotopic (exact) mass is 185 g/mol. The molecule has 0 aliphatic carbocycles. The number of hydrogen-bond donors (Lipinski definition) is 1. The minimum Gasteiger partial charge on any atom is -0.410 e. The average Bonchev–Trinajstić information content (AvgIpc) is 2.03. The van der Waals surface area contributed by atoms with Crippen LogP contribution in [0.5, 0.6) is 5.75 Å². The van der Waals surface area contributed by atoms with Crippen LogP contribution in [0.2, 0.25) is 5.02 Å². The summed E-state index contributed by atoms with van der Waals surface area (Å²) in [5.74, 6) is 6.05. The van der Waals surface area contributed by atoms with Crippen molar-refractivity contribution in [3.05, 3.63) is 28.8 Å². The standard InChI is InChI=1S/C9H12ClNO/c1-6(2)7-4-3-5-8(10)9(7)12-11/h3-6H,11H2,1-2H3. The highest BCUT2D eigenvalue weighted by Gasteiger charge is 2.10. The van der Waals surface area contributed by atoms with Crippen LogP contribution in [0.4, 0.5) is 0 Å². The molecule has 3 heteroatoms. The Morgan fingerprint density at radius 2 is 2.08 bits per heavy atom. The maximum absolute atomic E-state index is 5.87. The van der Waals surface area contributed by atoms with Crippen LogP contribution in [0.15, 0.2) is 18.2 Å². The zero-order valence-corrected chi connectivity index (χ0v) is 7.93. The van der Waals surface area contributed by atoms with Gasteiger partial charge >= 0.3 is 0 Å². The van der Waals surface area contributed by atoms with Crippen molar-refractivity contribution in [1.82, 2.24) is 0 Å². The summed E-state index contributed by atoms with van der Waals surface area (Å²) < 4.78 is 0. The summed E-state index contributed by atoms with van der Waals surface area (Å²) in [7, 11) is 0. The first-order chi connectivity index (χ1) is 5.66. The van der Waals surface area contributed by atoms with Gasteiger partial charge in [-0.05, 0) is 12.0 Å². The Bertz CT molecular complexity index is 273. The predicted octanol–water partition coefficient (Wildman–Crippen LogP) is 2.72. The zero-order valence-electron chi connectivity index (χ0n) is 7.17. The van der Waals surface area contributed by atoms with E-state index in [1.54, 1.807) is 6.07 Å². The summed E-state index contributed by atoms with van der Waals surface area (Å²) in [5.41, 5.74) is 1.03. The lowest BCUT2D eigenvalue weighted by atomic mass is 10.0. The first kappa shape index (κ1) is 9.36. The summed E-state index contributed by atoms with van der Waals surface area (Å²) in [4.78, 5) is 4.71. The minimum absolute atomic E-state index is 0.363. The highest BCUT2D eigenvalue weighted by molar-refractivity contribution is 6.32. The molecule has 2 nitrogen and oxygen atoms in total. The molecule has 1 aromatic carbocycles. The van der Waals surface area contributed by atoms with Crippen molar-refractivity contribution in [2.75, 3.05) is 0 Å². The maximum Gasteiger partial charge on any atom is 0.168 e. The molecule has 0 saturated heterocycles. The molecule has 0 atom stereocenters. The van der Waals surface area contributed by atoms with Gasteiger partial charge in [0.1, 0.15) is 0 Å². The third kappa shape index (κ3) is 1.71. The van der Waals surface area contributed by atoms with Gasteiger partial charge in [0, 0.05) is 5.56 Å². The van der Waals surface area contributed by atoms with E-state index in [0.717, 1.165) is 5.56 Å².